The Morgan fingerprint density at radius 3 is 2.36 bits per heavy atom. The standard InChI is InChI=1S/C13H19N/c1-9(2)13(14-5)12-7-6-10(3)11(4)8-12/h6-8,13-14H,1H2,2-5H3. The van der Waals surface area contributed by atoms with Gasteiger partial charge in [-0.25, -0.2) is 0 Å². The van der Waals surface area contributed by atoms with E-state index < -0.39 is 0 Å². The van der Waals surface area contributed by atoms with Crippen molar-refractivity contribution in [2.24, 2.45) is 0 Å². The molecule has 0 aliphatic carbocycles. The van der Waals surface area contributed by atoms with E-state index in [0.29, 0.717) is 0 Å². The van der Waals surface area contributed by atoms with Crippen LogP contribution in [0.1, 0.15) is 29.7 Å². The van der Waals surface area contributed by atoms with Crippen molar-refractivity contribution in [2.45, 2.75) is 26.8 Å². The van der Waals surface area contributed by atoms with E-state index in [2.05, 4.69) is 50.9 Å². The second-order valence-electron chi connectivity index (χ2n) is 3.91. The van der Waals surface area contributed by atoms with E-state index >= 15 is 0 Å². The molecule has 1 rings (SSSR count). The van der Waals surface area contributed by atoms with Crippen molar-refractivity contribution in [3.05, 3.63) is 47.0 Å². The molecule has 76 valence electrons. The van der Waals surface area contributed by atoms with E-state index in [1.165, 1.54) is 16.7 Å². The summed E-state index contributed by atoms with van der Waals surface area (Å²) in [5.74, 6) is 0. The quantitative estimate of drug-likeness (QED) is 0.720. The fourth-order valence-corrected chi connectivity index (χ4v) is 1.64. The molecule has 1 nitrogen and oxygen atoms in total. The van der Waals surface area contributed by atoms with E-state index in [4.69, 9.17) is 0 Å². The molecule has 0 fully saturated rings. The Bertz CT molecular complexity index is 339. The fourth-order valence-electron chi connectivity index (χ4n) is 1.64. The number of aryl methyl sites for hydroxylation is 2. The molecule has 0 heterocycles. The second-order valence-corrected chi connectivity index (χ2v) is 3.91. The van der Waals surface area contributed by atoms with Gasteiger partial charge in [-0.15, -0.1) is 0 Å². The first-order valence-electron chi connectivity index (χ1n) is 4.96. The zero-order chi connectivity index (χ0) is 10.7. The number of likely N-dealkylation sites (N-methyl/N-ethyl adjacent to an activating group) is 1. The van der Waals surface area contributed by atoms with Crippen LogP contribution in [0, 0.1) is 13.8 Å². The van der Waals surface area contributed by atoms with Gasteiger partial charge >= 0.3 is 0 Å². The maximum Gasteiger partial charge on any atom is 0.0528 e. The van der Waals surface area contributed by atoms with Gasteiger partial charge in [-0.05, 0) is 44.5 Å². The normalized spacial score (nSPS) is 12.6. The summed E-state index contributed by atoms with van der Waals surface area (Å²) in [6, 6.07) is 6.83. The van der Waals surface area contributed by atoms with Crippen molar-refractivity contribution in [2.75, 3.05) is 7.05 Å². The molecule has 0 amide bonds. The molecule has 1 unspecified atom stereocenters. The Morgan fingerprint density at radius 2 is 1.93 bits per heavy atom. The van der Waals surface area contributed by atoms with E-state index in [-0.39, 0.29) is 6.04 Å². The first kappa shape index (κ1) is 11.0. The van der Waals surface area contributed by atoms with Gasteiger partial charge in [0.1, 0.15) is 0 Å². The SMILES string of the molecule is C=C(C)C(NC)c1ccc(C)c(C)c1. The smallest absolute Gasteiger partial charge is 0.0528 e. The summed E-state index contributed by atoms with van der Waals surface area (Å²) < 4.78 is 0. The van der Waals surface area contributed by atoms with E-state index in [1.54, 1.807) is 0 Å². The van der Waals surface area contributed by atoms with Crippen molar-refractivity contribution in [1.82, 2.24) is 5.32 Å². The summed E-state index contributed by atoms with van der Waals surface area (Å²) in [7, 11) is 1.97. The first-order valence-corrected chi connectivity index (χ1v) is 4.96. The van der Waals surface area contributed by atoms with Gasteiger partial charge in [0.15, 0.2) is 0 Å². The van der Waals surface area contributed by atoms with Crippen molar-refractivity contribution in [3.63, 3.8) is 0 Å². The number of nitrogens with one attached hydrogen (secondary N) is 1. The van der Waals surface area contributed by atoms with Crippen LogP contribution < -0.4 is 5.32 Å². The summed E-state index contributed by atoms with van der Waals surface area (Å²) in [6.07, 6.45) is 0. The molecule has 1 N–H and O–H groups in total. The van der Waals surface area contributed by atoms with Gasteiger partial charge in [0.25, 0.3) is 0 Å². The summed E-state index contributed by atoms with van der Waals surface area (Å²) in [6.45, 7) is 10.3. The molecule has 0 spiro atoms. The van der Waals surface area contributed by atoms with Crippen LogP contribution >= 0.6 is 0 Å². The molecule has 0 saturated carbocycles. The molecule has 0 bridgehead atoms. The minimum absolute atomic E-state index is 0.272. The van der Waals surface area contributed by atoms with Crippen LogP contribution in [0.4, 0.5) is 0 Å². The largest absolute Gasteiger partial charge is 0.310 e. The highest BCUT2D eigenvalue weighted by Crippen LogP contribution is 2.21. The average Bonchev–Trinajstić information content (AvgIpc) is 2.11. The van der Waals surface area contributed by atoms with Gasteiger partial charge in [-0.2, -0.15) is 0 Å². The zero-order valence-corrected chi connectivity index (χ0v) is 9.52. The molecule has 14 heavy (non-hydrogen) atoms. The van der Waals surface area contributed by atoms with E-state index in [0.717, 1.165) is 5.57 Å². The number of hydrogen-bond acceptors (Lipinski definition) is 1. The van der Waals surface area contributed by atoms with Crippen LogP contribution in [0.2, 0.25) is 0 Å². The van der Waals surface area contributed by atoms with Crippen LogP contribution in [0.25, 0.3) is 0 Å². The topological polar surface area (TPSA) is 12.0 Å². The van der Waals surface area contributed by atoms with Gasteiger partial charge in [0.2, 0.25) is 0 Å². The maximum atomic E-state index is 3.99. The van der Waals surface area contributed by atoms with Crippen LogP contribution in [-0.2, 0) is 0 Å². The van der Waals surface area contributed by atoms with E-state index in [9.17, 15) is 0 Å². The lowest BCUT2D eigenvalue weighted by Gasteiger charge is -2.17. The lowest BCUT2D eigenvalue weighted by atomic mass is 9.97. The third-order valence-electron chi connectivity index (χ3n) is 2.65. The van der Waals surface area contributed by atoms with Gasteiger partial charge in [-0.1, -0.05) is 30.4 Å². The number of hydrogen-bond donors (Lipinski definition) is 1. The first-order chi connectivity index (χ1) is 6.56. The fraction of sp³-hybridized carbons (Fsp3) is 0.385. The molecule has 0 saturated heterocycles. The van der Waals surface area contributed by atoms with Gasteiger partial charge in [0.05, 0.1) is 6.04 Å². The average molecular weight is 189 g/mol. The van der Waals surface area contributed by atoms with Gasteiger partial charge in [0, 0.05) is 0 Å². The highest BCUT2D eigenvalue weighted by Gasteiger charge is 2.09. The summed E-state index contributed by atoms with van der Waals surface area (Å²) in [5.41, 5.74) is 5.12. The Morgan fingerprint density at radius 1 is 1.29 bits per heavy atom. The molecule has 1 aromatic carbocycles. The molecule has 0 radical (unpaired) electrons. The van der Waals surface area contributed by atoms with Crippen molar-refractivity contribution < 1.29 is 0 Å². The predicted octanol–water partition coefficient (Wildman–Crippen LogP) is 3.14. The molecular formula is C13H19N. The Balaban J connectivity index is 3.06. The second kappa shape index (κ2) is 4.43. The van der Waals surface area contributed by atoms with Gasteiger partial charge < -0.3 is 5.32 Å². The van der Waals surface area contributed by atoms with E-state index in [1.807, 2.05) is 7.05 Å². The predicted molar refractivity (Wildman–Crippen MR) is 62.5 cm³/mol. The maximum absolute atomic E-state index is 3.99. The summed E-state index contributed by atoms with van der Waals surface area (Å²) in [5, 5.41) is 3.26. The van der Waals surface area contributed by atoms with Crippen LogP contribution in [0.5, 0.6) is 0 Å². The summed E-state index contributed by atoms with van der Waals surface area (Å²) >= 11 is 0. The van der Waals surface area contributed by atoms with Crippen molar-refractivity contribution >= 4 is 0 Å². The molecule has 1 heteroatoms. The van der Waals surface area contributed by atoms with Crippen LogP contribution in [0.15, 0.2) is 30.4 Å². The van der Waals surface area contributed by atoms with Gasteiger partial charge in [-0.3, -0.25) is 0 Å². The molecule has 0 aliphatic rings. The highest BCUT2D eigenvalue weighted by molar-refractivity contribution is 5.34. The van der Waals surface area contributed by atoms with Crippen molar-refractivity contribution in [1.29, 1.82) is 0 Å². The number of rotatable bonds is 3. The zero-order valence-electron chi connectivity index (χ0n) is 9.52. The lowest BCUT2D eigenvalue weighted by molar-refractivity contribution is 0.679. The molecule has 1 aromatic rings. The minimum atomic E-state index is 0.272. The molecule has 0 aromatic heterocycles. The molecular weight excluding hydrogens is 170 g/mol. The Hall–Kier alpha value is -1.08. The number of benzene rings is 1. The minimum Gasteiger partial charge on any atom is -0.310 e. The monoisotopic (exact) mass is 189 g/mol. The molecule has 1 atom stereocenters. The third kappa shape index (κ3) is 2.24. The third-order valence-corrected chi connectivity index (χ3v) is 2.65. The highest BCUT2D eigenvalue weighted by atomic mass is 14.9. The Kier molecular flexibility index (Phi) is 3.48. The van der Waals surface area contributed by atoms with Crippen LogP contribution in [0.3, 0.4) is 0 Å². The summed E-state index contributed by atoms with van der Waals surface area (Å²) in [4.78, 5) is 0. The molecule has 0 aliphatic heterocycles. The van der Waals surface area contributed by atoms with Crippen molar-refractivity contribution in [3.8, 4) is 0 Å². The lowest BCUT2D eigenvalue weighted by Crippen LogP contribution is -2.17. The van der Waals surface area contributed by atoms with Crippen LogP contribution in [-0.4, -0.2) is 7.05 Å². The Labute approximate surface area is 86.8 Å².